The zero-order valence-electron chi connectivity index (χ0n) is 9.04. The van der Waals surface area contributed by atoms with Gasteiger partial charge in [0.05, 0.1) is 5.69 Å². The Balaban J connectivity index is 2.35. The summed E-state index contributed by atoms with van der Waals surface area (Å²) in [7, 11) is 0. The molecule has 0 unspecified atom stereocenters. The highest BCUT2D eigenvalue weighted by Crippen LogP contribution is 2.26. The fourth-order valence-electron chi connectivity index (χ4n) is 1.88. The minimum atomic E-state index is 0.488. The molecule has 0 aromatic carbocycles. The molecule has 0 atom stereocenters. The van der Waals surface area contributed by atoms with Gasteiger partial charge in [-0.15, -0.1) is 0 Å². The van der Waals surface area contributed by atoms with Gasteiger partial charge in [-0.25, -0.2) is 4.98 Å². The van der Waals surface area contributed by atoms with E-state index >= 15 is 0 Å². The molecule has 17 heavy (non-hydrogen) atoms. The molecular weight excluding hydrogens is 214 g/mol. The molecule has 0 radical (unpaired) electrons. The van der Waals surface area contributed by atoms with Crippen molar-refractivity contribution < 1.29 is 0 Å². The van der Waals surface area contributed by atoms with Crippen molar-refractivity contribution in [2.75, 3.05) is 11.5 Å². The highest BCUT2D eigenvalue weighted by Gasteiger charge is 2.11. The van der Waals surface area contributed by atoms with Crippen LogP contribution in [0.4, 0.5) is 11.5 Å². The fourth-order valence-corrected chi connectivity index (χ4v) is 1.88. The molecule has 3 aromatic heterocycles. The zero-order valence-corrected chi connectivity index (χ0v) is 9.04. The molecule has 0 saturated heterocycles. The molecule has 3 rings (SSSR count). The van der Waals surface area contributed by atoms with Crippen LogP contribution in [0.15, 0.2) is 42.9 Å². The average Bonchev–Trinajstić information content (AvgIpc) is 2.65. The number of nitrogens with zero attached hydrogens (tertiary/aromatic N) is 3. The summed E-state index contributed by atoms with van der Waals surface area (Å²) in [5.41, 5.74) is 15.0. The third kappa shape index (κ3) is 1.48. The third-order valence-corrected chi connectivity index (χ3v) is 2.62. The van der Waals surface area contributed by atoms with Crippen LogP contribution in [0.25, 0.3) is 16.9 Å². The second-order valence-corrected chi connectivity index (χ2v) is 3.77. The van der Waals surface area contributed by atoms with Gasteiger partial charge in [-0.1, -0.05) is 0 Å². The predicted molar refractivity (Wildman–Crippen MR) is 67.2 cm³/mol. The van der Waals surface area contributed by atoms with Crippen molar-refractivity contribution in [3.63, 3.8) is 0 Å². The van der Waals surface area contributed by atoms with E-state index in [4.69, 9.17) is 11.5 Å². The summed E-state index contributed by atoms with van der Waals surface area (Å²) in [5, 5.41) is 0. The maximum atomic E-state index is 5.94. The summed E-state index contributed by atoms with van der Waals surface area (Å²) in [6.45, 7) is 0. The van der Waals surface area contributed by atoms with Gasteiger partial charge in [0.25, 0.3) is 0 Å². The monoisotopic (exact) mass is 225 g/mol. The summed E-state index contributed by atoms with van der Waals surface area (Å²) in [6, 6.07) is 7.43. The van der Waals surface area contributed by atoms with Crippen molar-refractivity contribution in [1.82, 2.24) is 14.4 Å². The molecule has 0 aliphatic rings. The number of hydrogen-bond donors (Lipinski definition) is 2. The molecule has 0 aliphatic carbocycles. The molecule has 5 nitrogen and oxygen atoms in total. The lowest BCUT2D eigenvalue weighted by Gasteiger charge is -2.03. The Hall–Kier alpha value is -2.56. The highest BCUT2D eigenvalue weighted by atomic mass is 15.1. The number of anilines is 2. The van der Waals surface area contributed by atoms with E-state index in [1.807, 2.05) is 28.8 Å². The highest BCUT2D eigenvalue weighted by molar-refractivity contribution is 5.75. The maximum absolute atomic E-state index is 5.94. The van der Waals surface area contributed by atoms with Crippen molar-refractivity contribution >= 4 is 17.2 Å². The summed E-state index contributed by atoms with van der Waals surface area (Å²) < 4.78 is 1.89. The van der Waals surface area contributed by atoms with Crippen molar-refractivity contribution in [3.05, 3.63) is 42.9 Å². The number of nitrogens with two attached hydrogens (primary N) is 2. The molecule has 5 heteroatoms. The van der Waals surface area contributed by atoms with Crippen molar-refractivity contribution in [3.8, 4) is 11.3 Å². The second kappa shape index (κ2) is 3.48. The number of aromatic nitrogens is 3. The standard InChI is InChI=1S/C12H11N5/c13-9-1-2-10-16-12(14)11(17(10)7-9)8-3-5-15-6-4-8/h1-7H,13-14H2. The topological polar surface area (TPSA) is 82.2 Å². The van der Waals surface area contributed by atoms with Gasteiger partial charge in [-0.3, -0.25) is 9.38 Å². The maximum Gasteiger partial charge on any atom is 0.150 e. The Morgan fingerprint density at radius 1 is 1.00 bits per heavy atom. The first kappa shape index (κ1) is 9.65. The van der Waals surface area contributed by atoms with E-state index in [2.05, 4.69) is 9.97 Å². The lowest BCUT2D eigenvalue weighted by atomic mass is 10.2. The first-order valence-electron chi connectivity index (χ1n) is 5.19. The van der Waals surface area contributed by atoms with Gasteiger partial charge in [-0.2, -0.15) is 0 Å². The minimum Gasteiger partial charge on any atom is -0.398 e. The molecule has 0 saturated carbocycles. The Labute approximate surface area is 97.7 Å². The van der Waals surface area contributed by atoms with Crippen LogP contribution in [0.3, 0.4) is 0 Å². The molecule has 0 bridgehead atoms. The fraction of sp³-hybridized carbons (Fsp3) is 0. The molecule has 4 N–H and O–H groups in total. The van der Waals surface area contributed by atoms with Crippen molar-refractivity contribution in [1.29, 1.82) is 0 Å². The lowest BCUT2D eigenvalue weighted by Crippen LogP contribution is -1.94. The largest absolute Gasteiger partial charge is 0.398 e. The molecule has 84 valence electrons. The summed E-state index contributed by atoms with van der Waals surface area (Å²) >= 11 is 0. The minimum absolute atomic E-state index is 0.488. The smallest absolute Gasteiger partial charge is 0.150 e. The van der Waals surface area contributed by atoms with Crippen LogP contribution >= 0.6 is 0 Å². The van der Waals surface area contributed by atoms with E-state index in [1.54, 1.807) is 18.5 Å². The molecule has 3 heterocycles. The van der Waals surface area contributed by atoms with E-state index in [1.165, 1.54) is 0 Å². The summed E-state index contributed by atoms with van der Waals surface area (Å²) in [5.74, 6) is 0.488. The number of fused-ring (bicyclic) bond motifs is 1. The molecule has 0 amide bonds. The summed E-state index contributed by atoms with van der Waals surface area (Å²) in [6.07, 6.45) is 5.26. The lowest BCUT2D eigenvalue weighted by molar-refractivity contribution is 1.19. The third-order valence-electron chi connectivity index (χ3n) is 2.62. The molecule has 0 fully saturated rings. The Kier molecular flexibility index (Phi) is 1.98. The van der Waals surface area contributed by atoms with Crippen LogP contribution in [0, 0.1) is 0 Å². The van der Waals surface area contributed by atoms with Crippen LogP contribution in [-0.2, 0) is 0 Å². The molecule has 0 spiro atoms. The number of nitrogen functional groups attached to an aromatic ring is 2. The van der Waals surface area contributed by atoms with Gasteiger partial charge in [0, 0.05) is 29.8 Å². The number of imidazole rings is 1. The molecular formula is C12H11N5. The van der Waals surface area contributed by atoms with Gasteiger partial charge in [0.2, 0.25) is 0 Å². The van der Waals surface area contributed by atoms with Gasteiger partial charge >= 0.3 is 0 Å². The van der Waals surface area contributed by atoms with Gasteiger partial charge in [0.1, 0.15) is 5.65 Å². The van der Waals surface area contributed by atoms with Crippen molar-refractivity contribution in [2.24, 2.45) is 0 Å². The normalized spacial score (nSPS) is 10.8. The van der Waals surface area contributed by atoms with Crippen LogP contribution in [0.2, 0.25) is 0 Å². The number of hydrogen-bond acceptors (Lipinski definition) is 4. The van der Waals surface area contributed by atoms with E-state index in [0.29, 0.717) is 11.5 Å². The SMILES string of the molecule is Nc1ccc2nc(N)c(-c3ccncc3)n2c1. The second-order valence-electron chi connectivity index (χ2n) is 3.77. The van der Waals surface area contributed by atoms with Gasteiger partial charge in [0.15, 0.2) is 5.82 Å². The van der Waals surface area contributed by atoms with Crippen LogP contribution in [0.1, 0.15) is 0 Å². The van der Waals surface area contributed by atoms with Gasteiger partial charge in [-0.05, 0) is 24.3 Å². The van der Waals surface area contributed by atoms with Gasteiger partial charge < -0.3 is 11.5 Å². The molecule has 3 aromatic rings. The first-order chi connectivity index (χ1) is 8.25. The van der Waals surface area contributed by atoms with E-state index in [0.717, 1.165) is 16.9 Å². The Bertz CT molecular complexity index is 672. The van der Waals surface area contributed by atoms with Crippen LogP contribution < -0.4 is 11.5 Å². The van der Waals surface area contributed by atoms with E-state index < -0.39 is 0 Å². The van der Waals surface area contributed by atoms with E-state index in [-0.39, 0.29) is 0 Å². The first-order valence-corrected chi connectivity index (χ1v) is 5.19. The Morgan fingerprint density at radius 2 is 1.76 bits per heavy atom. The zero-order chi connectivity index (χ0) is 11.8. The number of pyridine rings is 2. The predicted octanol–water partition coefficient (Wildman–Crippen LogP) is 1.56. The summed E-state index contributed by atoms with van der Waals surface area (Å²) in [4.78, 5) is 8.28. The quantitative estimate of drug-likeness (QED) is 0.658. The Morgan fingerprint density at radius 3 is 2.53 bits per heavy atom. The van der Waals surface area contributed by atoms with Crippen molar-refractivity contribution in [2.45, 2.75) is 0 Å². The number of rotatable bonds is 1. The average molecular weight is 225 g/mol. The van der Waals surface area contributed by atoms with Crippen LogP contribution in [-0.4, -0.2) is 14.4 Å². The molecule has 0 aliphatic heterocycles. The van der Waals surface area contributed by atoms with E-state index in [9.17, 15) is 0 Å². The van der Waals surface area contributed by atoms with Crippen LogP contribution in [0.5, 0.6) is 0 Å².